The number of hydrogen-bond acceptors (Lipinski definition) is 4. The molecule has 0 heterocycles. The molecule has 0 aromatic heterocycles. The van der Waals surface area contributed by atoms with Crippen LogP contribution in [0.2, 0.25) is 5.02 Å². The van der Waals surface area contributed by atoms with Crippen LogP contribution in [0.3, 0.4) is 0 Å². The highest BCUT2D eigenvalue weighted by Gasteiger charge is 2.16. The summed E-state index contributed by atoms with van der Waals surface area (Å²) < 4.78 is 33.3. The Morgan fingerprint density at radius 3 is 2.54 bits per heavy atom. The number of anilines is 1. The Labute approximate surface area is 166 Å². The molecule has 2 rings (SSSR count). The fraction of sp³-hybridized carbons (Fsp3) is 0.235. The van der Waals surface area contributed by atoms with Gasteiger partial charge in [0.1, 0.15) is 5.75 Å². The zero-order valence-corrected chi connectivity index (χ0v) is 17.3. The van der Waals surface area contributed by atoms with Gasteiger partial charge in [-0.15, -0.1) is 0 Å². The summed E-state index contributed by atoms with van der Waals surface area (Å²) in [5, 5.41) is 2.68. The number of benzene rings is 2. The molecule has 140 valence electrons. The smallest absolute Gasteiger partial charge is 0.240 e. The Morgan fingerprint density at radius 2 is 1.96 bits per heavy atom. The first-order valence-electron chi connectivity index (χ1n) is 7.62. The lowest BCUT2D eigenvalue weighted by molar-refractivity contribution is -0.114. The van der Waals surface area contributed by atoms with Crippen LogP contribution in [0.5, 0.6) is 5.75 Å². The quantitative estimate of drug-likeness (QED) is 0.660. The zero-order chi connectivity index (χ0) is 19.3. The molecule has 0 unspecified atom stereocenters. The van der Waals surface area contributed by atoms with E-state index in [2.05, 4.69) is 26.0 Å². The first kappa shape index (κ1) is 20.7. The van der Waals surface area contributed by atoms with E-state index in [1.807, 2.05) is 18.2 Å². The van der Waals surface area contributed by atoms with Crippen molar-refractivity contribution < 1.29 is 17.9 Å². The standard InChI is InChI=1S/C17H18BrClN2O4S/c1-11(22)21-16-5-4-13(10-15(16)19)26(23,24)20-8-7-12-3-6-17(25-2)14(18)9-12/h3-6,9-10,20H,7-8H2,1-2H3,(H,21,22). The third kappa shape index (κ3) is 5.44. The van der Waals surface area contributed by atoms with Crippen LogP contribution in [0.25, 0.3) is 0 Å². The van der Waals surface area contributed by atoms with E-state index < -0.39 is 10.0 Å². The van der Waals surface area contributed by atoms with Gasteiger partial charge in [0.2, 0.25) is 15.9 Å². The molecular weight excluding hydrogens is 444 g/mol. The van der Waals surface area contributed by atoms with Gasteiger partial charge in [-0.2, -0.15) is 0 Å². The summed E-state index contributed by atoms with van der Waals surface area (Å²) in [6.45, 7) is 1.58. The predicted octanol–water partition coefficient (Wildman–Crippen LogP) is 3.59. The molecule has 6 nitrogen and oxygen atoms in total. The fourth-order valence-corrected chi connectivity index (χ4v) is 4.17. The second kappa shape index (κ2) is 8.85. The molecule has 0 saturated heterocycles. The minimum atomic E-state index is -3.70. The van der Waals surface area contributed by atoms with Crippen LogP contribution < -0.4 is 14.8 Å². The zero-order valence-electron chi connectivity index (χ0n) is 14.2. The predicted molar refractivity (Wildman–Crippen MR) is 105 cm³/mol. The van der Waals surface area contributed by atoms with Gasteiger partial charge in [0.15, 0.2) is 0 Å². The highest BCUT2D eigenvalue weighted by molar-refractivity contribution is 9.10. The van der Waals surface area contributed by atoms with Crippen LogP contribution in [0, 0.1) is 0 Å². The van der Waals surface area contributed by atoms with E-state index in [0.29, 0.717) is 17.9 Å². The van der Waals surface area contributed by atoms with Gasteiger partial charge in [-0.25, -0.2) is 13.1 Å². The number of nitrogens with one attached hydrogen (secondary N) is 2. The highest BCUT2D eigenvalue weighted by atomic mass is 79.9. The molecule has 0 atom stereocenters. The van der Waals surface area contributed by atoms with Crippen molar-refractivity contribution in [2.24, 2.45) is 0 Å². The van der Waals surface area contributed by atoms with Gasteiger partial charge in [-0.3, -0.25) is 4.79 Å². The van der Waals surface area contributed by atoms with Crippen LogP contribution in [-0.4, -0.2) is 28.0 Å². The summed E-state index contributed by atoms with van der Waals surface area (Å²) in [4.78, 5) is 11.1. The molecule has 0 spiro atoms. The summed E-state index contributed by atoms with van der Waals surface area (Å²) in [7, 11) is -2.13. The fourth-order valence-electron chi connectivity index (χ4n) is 2.23. The SMILES string of the molecule is COc1ccc(CCNS(=O)(=O)c2ccc(NC(C)=O)c(Cl)c2)cc1Br. The van der Waals surface area contributed by atoms with E-state index in [9.17, 15) is 13.2 Å². The molecule has 0 aliphatic heterocycles. The number of sulfonamides is 1. The van der Waals surface area contributed by atoms with E-state index in [-0.39, 0.29) is 22.4 Å². The molecule has 0 fully saturated rings. The lowest BCUT2D eigenvalue weighted by Gasteiger charge is -2.10. The summed E-state index contributed by atoms with van der Waals surface area (Å²) in [5.74, 6) is 0.425. The molecule has 2 aromatic rings. The normalized spacial score (nSPS) is 11.2. The number of methoxy groups -OCH3 is 1. The van der Waals surface area contributed by atoms with Crippen LogP contribution in [0.4, 0.5) is 5.69 Å². The maximum Gasteiger partial charge on any atom is 0.240 e. The largest absolute Gasteiger partial charge is 0.496 e. The van der Waals surface area contributed by atoms with Gasteiger partial charge < -0.3 is 10.1 Å². The summed E-state index contributed by atoms with van der Waals surface area (Å²) in [6, 6.07) is 9.72. The van der Waals surface area contributed by atoms with Crippen LogP contribution in [-0.2, 0) is 21.2 Å². The number of ether oxygens (including phenoxy) is 1. The third-order valence-electron chi connectivity index (χ3n) is 3.48. The highest BCUT2D eigenvalue weighted by Crippen LogP contribution is 2.26. The van der Waals surface area contributed by atoms with Gasteiger partial charge in [-0.1, -0.05) is 17.7 Å². The Hall–Kier alpha value is -1.61. The number of rotatable bonds is 7. The Kier molecular flexibility index (Phi) is 7.05. The summed E-state index contributed by atoms with van der Waals surface area (Å²) >= 11 is 9.43. The number of hydrogen-bond donors (Lipinski definition) is 2. The van der Waals surface area contributed by atoms with E-state index in [4.69, 9.17) is 16.3 Å². The van der Waals surface area contributed by atoms with Gasteiger partial charge in [0.25, 0.3) is 0 Å². The minimum absolute atomic E-state index is 0.0347. The Bertz CT molecular complexity index is 919. The number of carbonyl (C=O) groups excluding carboxylic acids is 1. The minimum Gasteiger partial charge on any atom is -0.496 e. The summed E-state index contributed by atoms with van der Waals surface area (Å²) in [5.41, 5.74) is 1.32. The van der Waals surface area contributed by atoms with Gasteiger partial charge in [0, 0.05) is 13.5 Å². The van der Waals surface area contributed by atoms with Crippen molar-refractivity contribution in [2.45, 2.75) is 18.2 Å². The van der Waals surface area contributed by atoms with E-state index in [1.165, 1.54) is 25.1 Å². The first-order valence-corrected chi connectivity index (χ1v) is 10.3. The monoisotopic (exact) mass is 460 g/mol. The third-order valence-corrected chi connectivity index (χ3v) is 5.87. The lowest BCUT2D eigenvalue weighted by Crippen LogP contribution is -2.26. The van der Waals surface area contributed by atoms with E-state index in [0.717, 1.165) is 10.0 Å². The maximum absolute atomic E-state index is 12.4. The molecule has 0 aliphatic rings. The number of amides is 1. The second-order valence-electron chi connectivity index (χ2n) is 5.44. The van der Waals surface area contributed by atoms with Gasteiger partial charge in [-0.05, 0) is 58.2 Å². The molecule has 2 aromatic carbocycles. The van der Waals surface area contributed by atoms with Crippen LogP contribution in [0.1, 0.15) is 12.5 Å². The number of carbonyl (C=O) groups is 1. The first-order chi connectivity index (χ1) is 12.2. The van der Waals surface area contributed by atoms with E-state index >= 15 is 0 Å². The molecule has 0 aliphatic carbocycles. The van der Waals surface area contributed by atoms with Crippen molar-refractivity contribution in [3.05, 3.63) is 51.5 Å². The topological polar surface area (TPSA) is 84.5 Å². The van der Waals surface area contributed by atoms with Gasteiger partial charge >= 0.3 is 0 Å². The van der Waals surface area contributed by atoms with Gasteiger partial charge in [0.05, 0.1) is 27.2 Å². The van der Waals surface area contributed by atoms with Crippen molar-refractivity contribution in [1.29, 1.82) is 0 Å². The molecule has 1 amide bonds. The molecule has 9 heteroatoms. The van der Waals surface area contributed by atoms with Crippen molar-refractivity contribution in [2.75, 3.05) is 19.0 Å². The average molecular weight is 462 g/mol. The van der Waals surface area contributed by atoms with Crippen molar-refractivity contribution in [1.82, 2.24) is 4.72 Å². The van der Waals surface area contributed by atoms with Crippen molar-refractivity contribution in [3.63, 3.8) is 0 Å². The lowest BCUT2D eigenvalue weighted by atomic mass is 10.1. The van der Waals surface area contributed by atoms with Crippen LogP contribution in [0.15, 0.2) is 45.8 Å². The number of halogens is 2. The second-order valence-corrected chi connectivity index (χ2v) is 8.47. The maximum atomic E-state index is 12.4. The molecule has 0 saturated carbocycles. The Balaban J connectivity index is 2.03. The van der Waals surface area contributed by atoms with E-state index in [1.54, 1.807) is 7.11 Å². The average Bonchev–Trinajstić information content (AvgIpc) is 2.56. The molecule has 0 radical (unpaired) electrons. The Morgan fingerprint density at radius 1 is 1.23 bits per heavy atom. The van der Waals surface area contributed by atoms with Crippen molar-refractivity contribution in [3.8, 4) is 5.75 Å². The van der Waals surface area contributed by atoms with Crippen LogP contribution >= 0.6 is 27.5 Å². The summed E-state index contributed by atoms with van der Waals surface area (Å²) in [6.07, 6.45) is 0.513. The molecule has 26 heavy (non-hydrogen) atoms. The van der Waals surface area contributed by atoms with Crippen molar-refractivity contribution >= 4 is 49.1 Å². The molecule has 2 N–H and O–H groups in total. The molecule has 0 bridgehead atoms. The molecular formula is C17H18BrClN2O4S.